The number of rotatable bonds is 4. The molecule has 0 radical (unpaired) electrons. The highest BCUT2D eigenvalue weighted by molar-refractivity contribution is 5.94. The maximum Gasteiger partial charge on any atom is 0.252 e. The van der Waals surface area contributed by atoms with Gasteiger partial charge in [0.2, 0.25) is 0 Å². The number of hydrogen-bond acceptors (Lipinski definition) is 2. The van der Waals surface area contributed by atoms with Gasteiger partial charge in [0.25, 0.3) is 5.91 Å². The van der Waals surface area contributed by atoms with Crippen LogP contribution in [0.2, 0.25) is 0 Å². The van der Waals surface area contributed by atoms with Crippen LogP contribution in [-0.4, -0.2) is 26.2 Å². The second kappa shape index (κ2) is 5.51. The smallest absolute Gasteiger partial charge is 0.252 e. The van der Waals surface area contributed by atoms with Gasteiger partial charge in [0.05, 0.1) is 0 Å². The molecular weight excluding hydrogens is 190 g/mol. The lowest BCUT2D eigenvalue weighted by atomic mass is 10.2. The summed E-state index contributed by atoms with van der Waals surface area (Å²) >= 11 is 0. The first-order chi connectivity index (χ1) is 7.19. The van der Waals surface area contributed by atoms with Gasteiger partial charge in [-0.15, -0.1) is 0 Å². The molecule has 0 aromatic heterocycles. The molecule has 82 valence electrons. The van der Waals surface area contributed by atoms with E-state index in [1.165, 1.54) is 7.11 Å². The van der Waals surface area contributed by atoms with Crippen LogP contribution in [0.4, 0.5) is 5.69 Å². The quantitative estimate of drug-likeness (QED) is 0.755. The third kappa shape index (κ3) is 3.06. The van der Waals surface area contributed by atoms with Crippen LogP contribution in [0.25, 0.3) is 0 Å². The van der Waals surface area contributed by atoms with Crippen molar-refractivity contribution in [2.24, 2.45) is 0 Å². The van der Waals surface area contributed by atoms with E-state index in [0.717, 1.165) is 11.3 Å². The summed E-state index contributed by atoms with van der Waals surface area (Å²) in [7, 11) is 1.53. The zero-order chi connectivity index (χ0) is 11.3. The van der Waals surface area contributed by atoms with Gasteiger partial charge in [-0.2, -0.15) is 0 Å². The molecular formula is C12H17NO2. The number of amides is 1. The normalized spacial score (nSPS) is 10.1. The number of carbonyl (C=O) groups excluding carboxylic acids is 1. The zero-order valence-corrected chi connectivity index (χ0v) is 9.49. The number of nitrogens with zero attached hydrogens (tertiary/aromatic N) is 1. The van der Waals surface area contributed by atoms with Crippen LogP contribution in [0, 0.1) is 6.92 Å². The Labute approximate surface area is 90.7 Å². The van der Waals surface area contributed by atoms with E-state index >= 15 is 0 Å². The molecule has 0 aliphatic carbocycles. The molecule has 0 N–H and O–H groups in total. The van der Waals surface area contributed by atoms with Gasteiger partial charge in [0, 0.05) is 19.3 Å². The summed E-state index contributed by atoms with van der Waals surface area (Å²) in [4.78, 5) is 13.4. The Morgan fingerprint density at radius 2 is 2.20 bits per heavy atom. The van der Waals surface area contributed by atoms with Gasteiger partial charge >= 0.3 is 0 Å². The number of carbonyl (C=O) groups is 1. The third-order valence-corrected chi connectivity index (χ3v) is 2.20. The number of hydrogen-bond donors (Lipinski definition) is 0. The lowest BCUT2D eigenvalue weighted by Gasteiger charge is -2.20. The fraction of sp³-hybridized carbons (Fsp3) is 0.417. The summed E-state index contributed by atoms with van der Waals surface area (Å²) in [5.41, 5.74) is 2.08. The monoisotopic (exact) mass is 207 g/mol. The largest absolute Gasteiger partial charge is 0.375 e. The van der Waals surface area contributed by atoms with Crippen LogP contribution < -0.4 is 4.90 Å². The average Bonchev–Trinajstić information content (AvgIpc) is 2.19. The molecule has 0 fully saturated rings. The fourth-order valence-electron chi connectivity index (χ4n) is 1.50. The van der Waals surface area contributed by atoms with Crippen LogP contribution >= 0.6 is 0 Å². The minimum atomic E-state index is -0.00870. The molecule has 0 saturated heterocycles. The maximum atomic E-state index is 11.7. The van der Waals surface area contributed by atoms with Crippen LogP contribution in [-0.2, 0) is 9.53 Å². The lowest BCUT2D eigenvalue weighted by Crippen LogP contribution is -2.33. The SMILES string of the molecule is CCN(C(=O)COC)c1cccc(C)c1. The molecule has 1 aromatic rings. The minimum Gasteiger partial charge on any atom is -0.375 e. The van der Waals surface area contributed by atoms with E-state index in [0.29, 0.717) is 6.54 Å². The minimum absolute atomic E-state index is 0.00870. The van der Waals surface area contributed by atoms with E-state index in [4.69, 9.17) is 4.74 Å². The third-order valence-electron chi connectivity index (χ3n) is 2.20. The van der Waals surface area contributed by atoms with Gasteiger partial charge in [-0.1, -0.05) is 12.1 Å². The van der Waals surface area contributed by atoms with Gasteiger partial charge in [-0.3, -0.25) is 4.79 Å². The first-order valence-corrected chi connectivity index (χ1v) is 5.05. The molecule has 0 unspecified atom stereocenters. The summed E-state index contributed by atoms with van der Waals surface area (Å²) in [5, 5.41) is 0. The van der Waals surface area contributed by atoms with Crippen LogP contribution in [0.3, 0.4) is 0 Å². The van der Waals surface area contributed by atoms with E-state index in [1.807, 2.05) is 38.1 Å². The Bertz CT molecular complexity index is 336. The Hall–Kier alpha value is -1.35. The molecule has 0 spiro atoms. The van der Waals surface area contributed by atoms with E-state index < -0.39 is 0 Å². The molecule has 0 atom stereocenters. The number of benzene rings is 1. The van der Waals surface area contributed by atoms with Gasteiger partial charge in [0.1, 0.15) is 6.61 Å². The highest BCUT2D eigenvalue weighted by atomic mass is 16.5. The Balaban J connectivity index is 2.87. The first kappa shape index (κ1) is 11.7. The lowest BCUT2D eigenvalue weighted by molar-refractivity contribution is -0.122. The number of likely N-dealkylation sites (N-methyl/N-ethyl adjacent to an activating group) is 1. The highest BCUT2D eigenvalue weighted by Gasteiger charge is 2.12. The molecule has 1 aromatic carbocycles. The molecule has 1 amide bonds. The fourth-order valence-corrected chi connectivity index (χ4v) is 1.50. The number of methoxy groups -OCH3 is 1. The van der Waals surface area contributed by atoms with Crippen molar-refractivity contribution in [1.29, 1.82) is 0 Å². The summed E-state index contributed by atoms with van der Waals surface area (Å²) < 4.78 is 4.85. The highest BCUT2D eigenvalue weighted by Crippen LogP contribution is 2.15. The number of aryl methyl sites for hydroxylation is 1. The molecule has 1 rings (SSSR count). The van der Waals surface area contributed by atoms with Gasteiger partial charge in [-0.05, 0) is 31.5 Å². The average molecular weight is 207 g/mol. The van der Waals surface area contributed by atoms with Gasteiger partial charge in [-0.25, -0.2) is 0 Å². The number of ether oxygens (including phenoxy) is 1. The van der Waals surface area contributed by atoms with Crippen LogP contribution in [0.5, 0.6) is 0 Å². The summed E-state index contributed by atoms with van der Waals surface area (Å²) in [6.07, 6.45) is 0. The van der Waals surface area contributed by atoms with Gasteiger partial charge in [0.15, 0.2) is 0 Å². The molecule has 0 saturated carbocycles. The second-order valence-corrected chi connectivity index (χ2v) is 3.41. The van der Waals surface area contributed by atoms with Crippen molar-refractivity contribution in [2.45, 2.75) is 13.8 Å². The standard InChI is InChI=1S/C12H17NO2/c1-4-13(12(14)9-15-3)11-7-5-6-10(2)8-11/h5-8H,4,9H2,1-3H3. The summed E-state index contributed by atoms with van der Waals surface area (Å²) in [6, 6.07) is 7.90. The Kier molecular flexibility index (Phi) is 4.31. The molecule has 3 heteroatoms. The van der Waals surface area contributed by atoms with E-state index in [9.17, 15) is 4.79 Å². The second-order valence-electron chi connectivity index (χ2n) is 3.41. The van der Waals surface area contributed by atoms with Crippen molar-refractivity contribution in [3.63, 3.8) is 0 Å². The molecule has 3 nitrogen and oxygen atoms in total. The number of anilines is 1. The maximum absolute atomic E-state index is 11.7. The van der Waals surface area contributed by atoms with Crippen molar-refractivity contribution >= 4 is 11.6 Å². The van der Waals surface area contributed by atoms with Crippen molar-refractivity contribution in [3.05, 3.63) is 29.8 Å². The molecule has 0 bridgehead atoms. The summed E-state index contributed by atoms with van der Waals surface area (Å²) in [5.74, 6) is -0.00870. The van der Waals surface area contributed by atoms with E-state index in [1.54, 1.807) is 4.90 Å². The van der Waals surface area contributed by atoms with Crippen molar-refractivity contribution in [2.75, 3.05) is 25.2 Å². The van der Waals surface area contributed by atoms with Crippen LogP contribution in [0.15, 0.2) is 24.3 Å². The molecule has 0 heterocycles. The van der Waals surface area contributed by atoms with Crippen molar-refractivity contribution in [1.82, 2.24) is 0 Å². The topological polar surface area (TPSA) is 29.5 Å². The van der Waals surface area contributed by atoms with E-state index in [2.05, 4.69) is 0 Å². The Morgan fingerprint density at radius 3 is 2.73 bits per heavy atom. The first-order valence-electron chi connectivity index (χ1n) is 5.05. The van der Waals surface area contributed by atoms with Crippen molar-refractivity contribution < 1.29 is 9.53 Å². The van der Waals surface area contributed by atoms with Crippen LogP contribution in [0.1, 0.15) is 12.5 Å². The molecule has 0 aliphatic rings. The Morgan fingerprint density at radius 1 is 1.47 bits per heavy atom. The van der Waals surface area contributed by atoms with E-state index in [-0.39, 0.29) is 12.5 Å². The predicted octanol–water partition coefficient (Wildman–Crippen LogP) is 1.99. The molecule has 15 heavy (non-hydrogen) atoms. The predicted molar refractivity (Wildman–Crippen MR) is 61.1 cm³/mol. The van der Waals surface area contributed by atoms with Gasteiger partial charge < -0.3 is 9.64 Å². The van der Waals surface area contributed by atoms with Crippen molar-refractivity contribution in [3.8, 4) is 0 Å². The molecule has 0 aliphatic heterocycles. The zero-order valence-electron chi connectivity index (χ0n) is 9.49. The summed E-state index contributed by atoms with van der Waals surface area (Å²) in [6.45, 7) is 4.75.